The number of aromatic nitrogens is 2. The van der Waals surface area contributed by atoms with Crippen LogP contribution in [0.2, 0.25) is 0 Å². The van der Waals surface area contributed by atoms with Gasteiger partial charge in [-0.2, -0.15) is 0 Å². The van der Waals surface area contributed by atoms with Crippen molar-refractivity contribution in [3.05, 3.63) is 18.2 Å². The van der Waals surface area contributed by atoms with Crippen LogP contribution in [0.5, 0.6) is 0 Å². The molecule has 4 N–H and O–H groups in total. The minimum absolute atomic E-state index is 0.00487. The third kappa shape index (κ3) is 4.96. The first-order valence-electron chi connectivity index (χ1n) is 7.99. The van der Waals surface area contributed by atoms with Gasteiger partial charge in [-0.05, 0) is 31.5 Å². The third-order valence-corrected chi connectivity index (χ3v) is 5.34. The molecule has 2 rings (SSSR count). The molecule has 1 heterocycles. The monoisotopic (exact) mass is 399 g/mol. The molecule has 9 nitrogen and oxygen atoms in total. The molecule has 0 saturated carbocycles. The van der Waals surface area contributed by atoms with Crippen LogP contribution in [0.25, 0.3) is 11.0 Å². The van der Waals surface area contributed by atoms with E-state index in [-0.39, 0.29) is 10.6 Å². The van der Waals surface area contributed by atoms with Crippen LogP contribution < -0.4 is 15.8 Å². The number of sulfonamides is 1. The topological polar surface area (TPSA) is 136 Å². The number of nitrogens with two attached hydrogens (primary N) is 1. The van der Waals surface area contributed by atoms with E-state index in [1.807, 2.05) is 18.4 Å². The van der Waals surface area contributed by atoms with E-state index in [4.69, 9.17) is 5.14 Å². The summed E-state index contributed by atoms with van der Waals surface area (Å²) in [7, 11) is -3.82. The molecule has 0 unspecified atom stereocenters. The first kappa shape index (κ1) is 20.2. The maximum absolute atomic E-state index is 11.9. The molecule has 1 aromatic carbocycles. The number of thioether (sulfide) groups is 1. The predicted octanol–water partition coefficient (Wildman–Crippen LogP) is 1.03. The van der Waals surface area contributed by atoms with Crippen LogP contribution in [0, 0.1) is 0 Å². The highest BCUT2D eigenvalue weighted by Crippen LogP contribution is 2.25. The van der Waals surface area contributed by atoms with E-state index in [9.17, 15) is 18.0 Å². The summed E-state index contributed by atoms with van der Waals surface area (Å²) < 4.78 is 24.8. The van der Waals surface area contributed by atoms with Crippen molar-refractivity contribution in [1.82, 2.24) is 20.2 Å². The lowest BCUT2D eigenvalue weighted by Gasteiger charge is -2.07. The Hall–Kier alpha value is -2.11. The van der Waals surface area contributed by atoms with E-state index in [2.05, 4.69) is 15.6 Å². The second kappa shape index (κ2) is 8.52. The largest absolute Gasteiger partial charge is 0.338 e. The molecule has 0 aliphatic heterocycles. The molecule has 0 aliphatic rings. The molecule has 1 aromatic heterocycles. The number of urea groups is 1. The number of carbonyl (C=O) groups excluding carboxylic acids is 2. The molecule has 11 heteroatoms. The molecule has 0 spiro atoms. The fraction of sp³-hybridized carbons (Fsp3) is 0.400. The second-order valence-electron chi connectivity index (χ2n) is 5.43. The summed E-state index contributed by atoms with van der Waals surface area (Å²) >= 11 is 1.16. The number of fused-ring (bicyclic) bond motifs is 1. The van der Waals surface area contributed by atoms with Crippen molar-refractivity contribution in [1.29, 1.82) is 0 Å². The zero-order valence-corrected chi connectivity index (χ0v) is 16.1. The van der Waals surface area contributed by atoms with Crippen LogP contribution in [0.3, 0.4) is 0 Å². The van der Waals surface area contributed by atoms with Crippen molar-refractivity contribution >= 4 is 44.8 Å². The number of aryl methyl sites for hydroxylation is 1. The van der Waals surface area contributed by atoms with Gasteiger partial charge in [-0.15, -0.1) is 0 Å². The van der Waals surface area contributed by atoms with Gasteiger partial charge in [0.15, 0.2) is 5.16 Å². The Morgan fingerprint density at radius 1 is 1.31 bits per heavy atom. The van der Waals surface area contributed by atoms with Gasteiger partial charge in [0.2, 0.25) is 15.9 Å². The summed E-state index contributed by atoms with van der Waals surface area (Å²) in [6.07, 6.45) is 0.775. The fourth-order valence-corrected chi connectivity index (χ4v) is 3.67. The Morgan fingerprint density at radius 2 is 2.04 bits per heavy atom. The number of primary sulfonamides is 1. The quantitative estimate of drug-likeness (QED) is 0.595. The fourth-order valence-electron chi connectivity index (χ4n) is 2.26. The Morgan fingerprint density at radius 3 is 2.65 bits per heavy atom. The summed E-state index contributed by atoms with van der Waals surface area (Å²) in [6, 6.07) is 3.93. The van der Waals surface area contributed by atoms with Crippen LogP contribution in [-0.4, -0.2) is 42.2 Å². The minimum atomic E-state index is -3.82. The smallest absolute Gasteiger partial charge is 0.321 e. The van der Waals surface area contributed by atoms with Gasteiger partial charge < -0.3 is 9.88 Å². The Kier molecular flexibility index (Phi) is 6.62. The number of imide groups is 1. The number of nitrogens with zero attached hydrogens (tertiary/aromatic N) is 2. The summed E-state index contributed by atoms with van der Waals surface area (Å²) in [6.45, 7) is 4.90. The van der Waals surface area contributed by atoms with Gasteiger partial charge in [0.05, 0.1) is 21.7 Å². The Labute approximate surface area is 155 Å². The molecule has 0 atom stereocenters. The number of hydrogen-bond acceptors (Lipinski definition) is 6. The summed E-state index contributed by atoms with van der Waals surface area (Å²) in [4.78, 5) is 27.7. The standard InChI is InChI=1S/C15H21N5O4S2/c1-3-7-17-14(22)19-13(21)9-25-15-18-11-8-10(26(16,23)24)5-6-12(11)20(15)4-2/h5-6,8H,3-4,7,9H2,1-2H3,(H2,16,23,24)(H2,17,19,21,22). The van der Waals surface area contributed by atoms with Crippen LogP contribution in [-0.2, 0) is 21.4 Å². The second-order valence-corrected chi connectivity index (χ2v) is 7.93. The molecular weight excluding hydrogens is 378 g/mol. The molecule has 0 bridgehead atoms. The van der Waals surface area contributed by atoms with E-state index < -0.39 is 22.0 Å². The number of imidazole rings is 1. The van der Waals surface area contributed by atoms with E-state index >= 15 is 0 Å². The maximum atomic E-state index is 11.9. The van der Waals surface area contributed by atoms with Crippen LogP contribution >= 0.6 is 11.8 Å². The van der Waals surface area contributed by atoms with Crippen LogP contribution in [0.4, 0.5) is 4.79 Å². The first-order valence-corrected chi connectivity index (χ1v) is 10.5. The van der Waals surface area contributed by atoms with Crippen molar-refractivity contribution in [3.8, 4) is 0 Å². The van der Waals surface area contributed by atoms with Crippen LogP contribution in [0.15, 0.2) is 28.3 Å². The van der Waals surface area contributed by atoms with Crippen molar-refractivity contribution in [3.63, 3.8) is 0 Å². The van der Waals surface area contributed by atoms with E-state index in [0.29, 0.717) is 23.8 Å². The normalized spacial score (nSPS) is 11.5. The van der Waals surface area contributed by atoms with Gasteiger partial charge in [-0.25, -0.2) is 23.3 Å². The molecule has 2 aromatic rings. The van der Waals surface area contributed by atoms with E-state index in [1.54, 1.807) is 6.07 Å². The average molecular weight is 399 g/mol. The number of hydrogen-bond donors (Lipinski definition) is 3. The SMILES string of the molecule is CCCNC(=O)NC(=O)CSc1nc2cc(S(N)(=O)=O)ccc2n1CC. The lowest BCUT2D eigenvalue weighted by atomic mass is 10.3. The highest BCUT2D eigenvalue weighted by atomic mass is 32.2. The number of nitrogens with one attached hydrogen (secondary N) is 2. The van der Waals surface area contributed by atoms with Gasteiger partial charge in [0.1, 0.15) is 0 Å². The summed E-state index contributed by atoms with van der Waals surface area (Å²) in [5, 5.41) is 10.5. The van der Waals surface area contributed by atoms with E-state index in [1.165, 1.54) is 12.1 Å². The Balaban J connectivity index is 2.14. The average Bonchev–Trinajstić information content (AvgIpc) is 2.94. The van der Waals surface area contributed by atoms with E-state index in [0.717, 1.165) is 23.7 Å². The highest BCUT2D eigenvalue weighted by Gasteiger charge is 2.16. The van der Waals surface area contributed by atoms with Crippen molar-refractivity contribution in [2.45, 2.75) is 36.9 Å². The first-order chi connectivity index (χ1) is 12.3. The van der Waals surface area contributed by atoms with Gasteiger partial charge in [0, 0.05) is 13.1 Å². The zero-order chi connectivity index (χ0) is 19.3. The van der Waals surface area contributed by atoms with Gasteiger partial charge in [-0.3, -0.25) is 10.1 Å². The maximum Gasteiger partial charge on any atom is 0.321 e. The third-order valence-electron chi connectivity index (χ3n) is 3.45. The molecule has 0 saturated heterocycles. The van der Waals surface area contributed by atoms with Crippen LogP contribution in [0.1, 0.15) is 20.3 Å². The molecule has 0 radical (unpaired) electrons. The number of amides is 3. The predicted molar refractivity (Wildman–Crippen MR) is 99.3 cm³/mol. The molecule has 0 fully saturated rings. The Bertz CT molecular complexity index is 924. The zero-order valence-electron chi connectivity index (χ0n) is 14.5. The lowest BCUT2D eigenvalue weighted by molar-refractivity contribution is -0.117. The summed E-state index contributed by atoms with van der Waals surface area (Å²) in [5.74, 6) is -0.436. The molecule has 26 heavy (non-hydrogen) atoms. The van der Waals surface area contributed by atoms with Gasteiger partial charge >= 0.3 is 6.03 Å². The van der Waals surface area contributed by atoms with Crippen molar-refractivity contribution in [2.75, 3.05) is 12.3 Å². The number of carbonyl (C=O) groups is 2. The minimum Gasteiger partial charge on any atom is -0.338 e. The molecule has 3 amide bonds. The lowest BCUT2D eigenvalue weighted by Crippen LogP contribution is -2.40. The van der Waals surface area contributed by atoms with Crippen molar-refractivity contribution in [2.24, 2.45) is 5.14 Å². The number of rotatable bonds is 7. The van der Waals surface area contributed by atoms with Gasteiger partial charge in [-0.1, -0.05) is 18.7 Å². The molecule has 0 aliphatic carbocycles. The molecule has 142 valence electrons. The summed E-state index contributed by atoms with van der Waals surface area (Å²) in [5.41, 5.74) is 1.21. The number of benzene rings is 1. The highest BCUT2D eigenvalue weighted by molar-refractivity contribution is 7.99. The molecular formula is C15H21N5O4S2. The van der Waals surface area contributed by atoms with Gasteiger partial charge in [0.25, 0.3) is 0 Å². The van der Waals surface area contributed by atoms with Crippen molar-refractivity contribution < 1.29 is 18.0 Å².